The van der Waals surface area contributed by atoms with Gasteiger partial charge in [0.25, 0.3) is 0 Å². The van der Waals surface area contributed by atoms with Gasteiger partial charge >= 0.3 is 0 Å². The molecule has 3 nitrogen and oxygen atoms in total. The molecule has 0 spiro atoms. The molecule has 0 saturated heterocycles. The fourth-order valence-electron chi connectivity index (χ4n) is 3.23. The number of carbonyl (C=O) groups excluding carboxylic acids is 1. The van der Waals surface area contributed by atoms with E-state index in [1.54, 1.807) is 18.2 Å². The highest BCUT2D eigenvalue weighted by Gasteiger charge is 2.28. The maximum Gasteiger partial charge on any atom is 0.224 e. The number of aromatic hydroxyl groups is 1. The van der Waals surface area contributed by atoms with Crippen LogP contribution in [0.1, 0.15) is 45.1 Å². The van der Waals surface area contributed by atoms with Crippen LogP contribution in [0.3, 0.4) is 0 Å². The molecule has 1 fully saturated rings. The van der Waals surface area contributed by atoms with Crippen molar-refractivity contribution >= 4 is 5.91 Å². The third kappa shape index (κ3) is 3.75. The Balaban J connectivity index is 1.95. The summed E-state index contributed by atoms with van der Waals surface area (Å²) in [5.41, 5.74) is 0.696. The van der Waals surface area contributed by atoms with Gasteiger partial charge < -0.3 is 10.4 Å². The molecule has 1 amide bonds. The zero-order valence-corrected chi connectivity index (χ0v) is 12.4. The summed E-state index contributed by atoms with van der Waals surface area (Å²) < 4.78 is 0. The van der Waals surface area contributed by atoms with Crippen LogP contribution in [0.25, 0.3) is 0 Å². The first kappa shape index (κ1) is 14.9. The van der Waals surface area contributed by atoms with Gasteiger partial charge in [0.05, 0.1) is 6.42 Å². The number of amides is 1. The fourth-order valence-corrected chi connectivity index (χ4v) is 3.23. The Morgan fingerprint density at radius 3 is 2.70 bits per heavy atom. The topological polar surface area (TPSA) is 49.3 Å². The maximum absolute atomic E-state index is 12.2. The number of hydrogen-bond acceptors (Lipinski definition) is 2. The maximum atomic E-state index is 12.2. The molecule has 1 aromatic carbocycles. The minimum atomic E-state index is 0.0176. The Morgan fingerprint density at radius 2 is 2.00 bits per heavy atom. The zero-order valence-electron chi connectivity index (χ0n) is 12.4. The number of para-hydroxylation sites is 1. The second-order valence-corrected chi connectivity index (χ2v) is 6.17. The summed E-state index contributed by atoms with van der Waals surface area (Å²) in [6.07, 6.45) is 5.02. The summed E-state index contributed by atoms with van der Waals surface area (Å²) in [5, 5.41) is 12.9. The second kappa shape index (κ2) is 6.78. The van der Waals surface area contributed by atoms with Gasteiger partial charge in [-0.2, -0.15) is 0 Å². The minimum absolute atomic E-state index is 0.0176. The number of carbonyl (C=O) groups is 1. The van der Waals surface area contributed by atoms with Gasteiger partial charge in [0.2, 0.25) is 5.91 Å². The highest BCUT2D eigenvalue weighted by molar-refractivity contribution is 5.79. The molecule has 1 saturated carbocycles. The third-order valence-electron chi connectivity index (χ3n) is 4.36. The van der Waals surface area contributed by atoms with Crippen LogP contribution in [-0.2, 0) is 11.2 Å². The summed E-state index contributed by atoms with van der Waals surface area (Å²) >= 11 is 0. The van der Waals surface area contributed by atoms with Crippen molar-refractivity contribution in [1.82, 2.24) is 5.32 Å². The lowest BCUT2D eigenvalue weighted by Crippen LogP contribution is -2.44. The van der Waals surface area contributed by atoms with Crippen molar-refractivity contribution in [2.75, 3.05) is 0 Å². The number of phenols is 1. The van der Waals surface area contributed by atoms with E-state index in [-0.39, 0.29) is 18.1 Å². The minimum Gasteiger partial charge on any atom is -0.508 e. The largest absolute Gasteiger partial charge is 0.508 e. The highest BCUT2D eigenvalue weighted by Crippen LogP contribution is 2.30. The number of benzene rings is 1. The Morgan fingerprint density at radius 1 is 1.30 bits per heavy atom. The normalized spacial score (nSPS) is 22.8. The van der Waals surface area contributed by atoms with E-state index in [4.69, 9.17) is 0 Å². The number of phenolic OH excluding ortho intramolecular Hbond substituents is 1. The standard InChI is InChI=1S/C17H25NO2/c1-12(2)14-8-4-5-9-15(14)18-17(20)11-13-7-3-6-10-16(13)19/h3,6-7,10,12,14-15,19H,4-5,8-9,11H2,1-2H3,(H,18,20). The van der Waals surface area contributed by atoms with E-state index in [1.165, 1.54) is 19.3 Å². The smallest absolute Gasteiger partial charge is 0.224 e. The molecule has 20 heavy (non-hydrogen) atoms. The molecular weight excluding hydrogens is 250 g/mol. The summed E-state index contributed by atoms with van der Waals surface area (Å²) in [7, 11) is 0. The molecular formula is C17H25NO2. The molecule has 2 rings (SSSR count). The van der Waals surface area contributed by atoms with Crippen molar-refractivity contribution in [1.29, 1.82) is 0 Å². The molecule has 0 radical (unpaired) electrons. The molecule has 2 N–H and O–H groups in total. The lowest BCUT2D eigenvalue weighted by molar-refractivity contribution is -0.121. The number of nitrogens with one attached hydrogen (secondary N) is 1. The van der Waals surface area contributed by atoms with Crippen LogP contribution >= 0.6 is 0 Å². The van der Waals surface area contributed by atoms with Gasteiger partial charge in [-0.05, 0) is 30.7 Å². The lowest BCUT2D eigenvalue weighted by Gasteiger charge is -2.35. The van der Waals surface area contributed by atoms with E-state index >= 15 is 0 Å². The summed E-state index contributed by atoms with van der Waals surface area (Å²) in [6.45, 7) is 4.47. The molecule has 3 heteroatoms. The van der Waals surface area contributed by atoms with Crippen molar-refractivity contribution in [3.63, 3.8) is 0 Å². The predicted molar refractivity (Wildman–Crippen MR) is 80.5 cm³/mol. The molecule has 2 unspecified atom stereocenters. The van der Waals surface area contributed by atoms with Crippen LogP contribution in [0.5, 0.6) is 5.75 Å². The van der Waals surface area contributed by atoms with E-state index in [1.807, 2.05) is 6.07 Å². The van der Waals surface area contributed by atoms with E-state index < -0.39 is 0 Å². The van der Waals surface area contributed by atoms with Crippen molar-refractivity contribution in [2.24, 2.45) is 11.8 Å². The molecule has 0 heterocycles. The van der Waals surface area contributed by atoms with E-state index in [9.17, 15) is 9.90 Å². The van der Waals surface area contributed by atoms with Crippen LogP contribution < -0.4 is 5.32 Å². The van der Waals surface area contributed by atoms with Gasteiger partial charge in [0, 0.05) is 11.6 Å². The van der Waals surface area contributed by atoms with E-state index in [0.717, 1.165) is 6.42 Å². The first-order valence-corrected chi connectivity index (χ1v) is 7.64. The molecule has 2 atom stereocenters. The Kier molecular flexibility index (Phi) is 5.05. The molecule has 1 aromatic rings. The monoisotopic (exact) mass is 275 g/mol. The lowest BCUT2D eigenvalue weighted by atomic mass is 9.78. The first-order valence-electron chi connectivity index (χ1n) is 7.64. The van der Waals surface area contributed by atoms with Crippen LogP contribution in [0.4, 0.5) is 0 Å². The van der Waals surface area contributed by atoms with Crippen LogP contribution in [0.15, 0.2) is 24.3 Å². The average molecular weight is 275 g/mol. The van der Waals surface area contributed by atoms with Crippen molar-refractivity contribution in [3.8, 4) is 5.75 Å². The van der Waals surface area contributed by atoms with Gasteiger partial charge in [0.15, 0.2) is 0 Å². The summed E-state index contributed by atoms with van der Waals surface area (Å²) in [4.78, 5) is 12.2. The number of rotatable bonds is 4. The molecule has 1 aliphatic carbocycles. The van der Waals surface area contributed by atoms with E-state index in [0.29, 0.717) is 23.4 Å². The summed E-state index contributed by atoms with van der Waals surface area (Å²) in [6, 6.07) is 7.34. The van der Waals surface area contributed by atoms with Crippen LogP contribution in [0.2, 0.25) is 0 Å². The molecule has 0 aliphatic heterocycles. The van der Waals surface area contributed by atoms with Crippen LogP contribution in [-0.4, -0.2) is 17.1 Å². The fraction of sp³-hybridized carbons (Fsp3) is 0.588. The first-order chi connectivity index (χ1) is 9.58. The zero-order chi connectivity index (χ0) is 14.5. The molecule has 0 aromatic heterocycles. The Hall–Kier alpha value is -1.51. The van der Waals surface area contributed by atoms with Gasteiger partial charge in [-0.25, -0.2) is 0 Å². The molecule has 110 valence electrons. The summed E-state index contributed by atoms with van der Waals surface area (Å²) in [5.74, 6) is 1.40. The van der Waals surface area contributed by atoms with Crippen molar-refractivity contribution < 1.29 is 9.90 Å². The van der Waals surface area contributed by atoms with Gasteiger partial charge in [-0.15, -0.1) is 0 Å². The quantitative estimate of drug-likeness (QED) is 0.886. The Labute approximate surface area is 121 Å². The molecule has 0 bridgehead atoms. The highest BCUT2D eigenvalue weighted by atomic mass is 16.3. The third-order valence-corrected chi connectivity index (χ3v) is 4.36. The average Bonchev–Trinajstić information content (AvgIpc) is 2.41. The second-order valence-electron chi connectivity index (χ2n) is 6.17. The van der Waals surface area contributed by atoms with Crippen molar-refractivity contribution in [2.45, 2.75) is 52.0 Å². The Bertz CT molecular complexity index is 456. The van der Waals surface area contributed by atoms with Gasteiger partial charge in [-0.1, -0.05) is 44.9 Å². The number of hydrogen-bond donors (Lipinski definition) is 2. The SMILES string of the molecule is CC(C)C1CCCCC1NC(=O)Cc1ccccc1O. The van der Waals surface area contributed by atoms with Gasteiger partial charge in [0.1, 0.15) is 5.75 Å². The van der Waals surface area contributed by atoms with Crippen molar-refractivity contribution in [3.05, 3.63) is 29.8 Å². The van der Waals surface area contributed by atoms with Gasteiger partial charge in [-0.3, -0.25) is 4.79 Å². The van der Waals surface area contributed by atoms with E-state index in [2.05, 4.69) is 19.2 Å². The predicted octanol–water partition coefficient (Wildman–Crippen LogP) is 3.27. The molecule has 1 aliphatic rings. The van der Waals surface area contributed by atoms with Crippen LogP contribution in [0, 0.1) is 11.8 Å².